The second-order valence-electron chi connectivity index (χ2n) is 6.10. The summed E-state index contributed by atoms with van der Waals surface area (Å²) >= 11 is 0. The highest BCUT2D eigenvalue weighted by Gasteiger charge is 2.42. The molecule has 118 valence electrons. The van der Waals surface area contributed by atoms with Crippen molar-refractivity contribution in [3.63, 3.8) is 0 Å². The van der Waals surface area contributed by atoms with Crippen LogP contribution in [0.2, 0.25) is 0 Å². The first-order valence-corrected chi connectivity index (χ1v) is 7.37. The van der Waals surface area contributed by atoms with Crippen LogP contribution in [0, 0.1) is 11.8 Å². The fraction of sp³-hybridized carbons (Fsp3) is 0.929. The molecule has 1 aliphatic carbocycles. The molecule has 1 saturated carbocycles. The summed E-state index contributed by atoms with van der Waals surface area (Å²) in [6, 6.07) is -0.723. The Morgan fingerprint density at radius 2 is 2.05 bits per heavy atom. The lowest BCUT2D eigenvalue weighted by Crippen LogP contribution is -2.41. The van der Waals surface area contributed by atoms with Crippen molar-refractivity contribution in [3.8, 4) is 0 Å². The van der Waals surface area contributed by atoms with Gasteiger partial charge in [-0.25, -0.2) is 8.78 Å². The summed E-state index contributed by atoms with van der Waals surface area (Å²) in [6.07, 6.45) is 5.69. The van der Waals surface area contributed by atoms with E-state index in [0.717, 1.165) is 12.3 Å². The van der Waals surface area contributed by atoms with E-state index in [2.05, 4.69) is 17.6 Å². The van der Waals surface area contributed by atoms with Gasteiger partial charge in [-0.2, -0.15) is 0 Å². The van der Waals surface area contributed by atoms with Gasteiger partial charge in [0.05, 0.1) is 12.6 Å². The summed E-state index contributed by atoms with van der Waals surface area (Å²) in [6.45, 7) is 2.49. The van der Waals surface area contributed by atoms with Crippen LogP contribution in [-0.4, -0.2) is 31.0 Å². The van der Waals surface area contributed by atoms with Crippen molar-refractivity contribution < 1.29 is 13.6 Å². The summed E-state index contributed by atoms with van der Waals surface area (Å²) in [4.78, 5) is 11.7. The molecule has 0 bridgehead atoms. The Bertz CT molecular complexity index is 328. The second-order valence-corrected chi connectivity index (χ2v) is 6.10. The zero-order valence-corrected chi connectivity index (χ0v) is 12.8. The highest BCUT2D eigenvalue weighted by atomic mass is 35.5. The maximum Gasteiger partial charge on any atom is 0.262 e. The van der Waals surface area contributed by atoms with Gasteiger partial charge in [0.1, 0.15) is 0 Å². The van der Waals surface area contributed by atoms with Gasteiger partial charge in [0.15, 0.2) is 0 Å². The maximum atomic E-state index is 13.0. The van der Waals surface area contributed by atoms with Crippen molar-refractivity contribution >= 4 is 18.3 Å². The molecule has 2 aliphatic rings. The van der Waals surface area contributed by atoms with E-state index in [1.807, 2.05) is 0 Å². The molecular weight excluding hydrogens is 286 g/mol. The fourth-order valence-electron chi connectivity index (χ4n) is 3.23. The van der Waals surface area contributed by atoms with Crippen LogP contribution < -0.4 is 10.6 Å². The molecule has 0 spiro atoms. The SMILES string of the molecule is CC1CCCCC1CCNC(=O)C1CC(F)(F)CN1.Cl. The Balaban J connectivity index is 0.00000200. The molecule has 20 heavy (non-hydrogen) atoms. The standard InChI is InChI=1S/C14H24F2N2O.ClH/c1-10-4-2-3-5-11(10)6-7-17-13(19)12-8-14(15,16)9-18-12;/h10-12,18H,2-9H2,1H3,(H,17,19);1H. The van der Waals surface area contributed by atoms with E-state index in [4.69, 9.17) is 0 Å². The van der Waals surface area contributed by atoms with Gasteiger partial charge in [-0.05, 0) is 18.3 Å². The predicted octanol–water partition coefficient (Wildman–Crippen LogP) is 2.74. The molecule has 1 heterocycles. The summed E-state index contributed by atoms with van der Waals surface area (Å²) < 4.78 is 26.0. The van der Waals surface area contributed by atoms with Crippen molar-refractivity contribution in [2.75, 3.05) is 13.1 Å². The van der Waals surface area contributed by atoms with E-state index in [1.165, 1.54) is 25.7 Å². The number of carbonyl (C=O) groups excluding carboxylic acids is 1. The zero-order valence-electron chi connectivity index (χ0n) is 12.0. The van der Waals surface area contributed by atoms with Crippen molar-refractivity contribution in [2.45, 2.75) is 57.4 Å². The zero-order chi connectivity index (χ0) is 13.9. The molecule has 2 N–H and O–H groups in total. The van der Waals surface area contributed by atoms with Crippen LogP contribution in [0.3, 0.4) is 0 Å². The first kappa shape index (κ1) is 17.6. The van der Waals surface area contributed by atoms with Gasteiger partial charge in [-0.1, -0.05) is 32.6 Å². The number of hydrogen-bond acceptors (Lipinski definition) is 2. The van der Waals surface area contributed by atoms with Crippen molar-refractivity contribution in [3.05, 3.63) is 0 Å². The van der Waals surface area contributed by atoms with Crippen LogP contribution >= 0.6 is 12.4 Å². The highest BCUT2D eigenvalue weighted by Crippen LogP contribution is 2.31. The highest BCUT2D eigenvalue weighted by molar-refractivity contribution is 5.85. The Morgan fingerprint density at radius 3 is 2.65 bits per heavy atom. The normalized spacial score (nSPS) is 32.5. The van der Waals surface area contributed by atoms with E-state index >= 15 is 0 Å². The molecule has 0 radical (unpaired) electrons. The number of halogens is 3. The molecule has 1 saturated heterocycles. The van der Waals surface area contributed by atoms with Crippen LogP contribution in [0.15, 0.2) is 0 Å². The number of amides is 1. The molecule has 0 aromatic carbocycles. The molecule has 0 aromatic rings. The lowest BCUT2D eigenvalue weighted by atomic mass is 9.79. The van der Waals surface area contributed by atoms with Gasteiger partial charge in [0.2, 0.25) is 5.91 Å². The van der Waals surface area contributed by atoms with Crippen LogP contribution in [-0.2, 0) is 4.79 Å². The van der Waals surface area contributed by atoms with Crippen LogP contribution in [0.5, 0.6) is 0 Å². The average molecular weight is 311 g/mol. The lowest BCUT2D eigenvalue weighted by Gasteiger charge is -2.28. The molecule has 0 aromatic heterocycles. The molecule has 3 nitrogen and oxygen atoms in total. The van der Waals surface area contributed by atoms with Gasteiger partial charge < -0.3 is 5.32 Å². The Morgan fingerprint density at radius 1 is 1.35 bits per heavy atom. The number of hydrogen-bond donors (Lipinski definition) is 2. The molecule has 6 heteroatoms. The third-order valence-electron chi connectivity index (χ3n) is 4.53. The minimum Gasteiger partial charge on any atom is -0.355 e. The predicted molar refractivity (Wildman–Crippen MR) is 77.4 cm³/mol. The van der Waals surface area contributed by atoms with Crippen molar-refractivity contribution in [1.29, 1.82) is 0 Å². The molecular formula is C14H25ClF2N2O. The molecule has 1 amide bonds. The second kappa shape index (κ2) is 7.55. The average Bonchev–Trinajstić information content (AvgIpc) is 2.72. The van der Waals surface area contributed by atoms with Gasteiger partial charge in [-0.3, -0.25) is 10.1 Å². The molecule has 3 unspecified atom stereocenters. The van der Waals surface area contributed by atoms with Crippen molar-refractivity contribution in [2.24, 2.45) is 11.8 Å². The molecule has 3 atom stereocenters. The van der Waals surface area contributed by atoms with Gasteiger partial charge in [-0.15, -0.1) is 12.4 Å². The summed E-state index contributed by atoms with van der Waals surface area (Å²) in [7, 11) is 0. The quantitative estimate of drug-likeness (QED) is 0.838. The largest absolute Gasteiger partial charge is 0.355 e. The van der Waals surface area contributed by atoms with E-state index in [9.17, 15) is 13.6 Å². The fourth-order valence-corrected chi connectivity index (χ4v) is 3.23. The lowest BCUT2D eigenvalue weighted by molar-refractivity contribution is -0.123. The van der Waals surface area contributed by atoms with E-state index in [1.54, 1.807) is 0 Å². The van der Waals surface area contributed by atoms with E-state index in [0.29, 0.717) is 12.5 Å². The molecule has 2 rings (SSSR count). The number of nitrogens with one attached hydrogen (secondary N) is 2. The Labute approximate surface area is 125 Å². The minimum absolute atomic E-state index is 0. The van der Waals surface area contributed by atoms with Crippen molar-refractivity contribution in [1.82, 2.24) is 10.6 Å². The summed E-state index contributed by atoms with van der Waals surface area (Å²) in [5.74, 6) is -1.62. The first-order valence-electron chi connectivity index (χ1n) is 7.37. The van der Waals surface area contributed by atoms with Gasteiger partial charge in [0.25, 0.3) is 5.92 Å². The van der Waals surface area contributed by atoms with Crippen LogP contribution in [0.4, 0.5) is 8.78 Å². The monoisotopic (exact) mass is 310 g/mol. The summed E-state index contributed by atoms with van der Waals surface area (Å²) in [5, 5.41) is 5.38. The summed E-state index contributed by atoms with van der Waals surface area (Å²) in [5.41, 5.74) is 0. The van der Waals surface area contributed by atoms with Crippen LogP contribution in [0.25, 0.3) is 0 Å². The van der Waals surface area contributed by atoms with E-state index in [-0.39, 0.29) is 31.3 Å². The number of carbonyl (C=O) groups is 1. The smallest absolute Gasteiger partial charge is 0.262 e. The van der Waals surface area contributed by atoms with Crippen LogP contribution in [0.1, 0.15) is 45.4 Å². The minimum atomic E-state index is -2.74. The Kier molecular flexibility index (Phi) is 6.65. The topological polar surface area (TPSA) is 41.1 Å². The Hall–Kier alpha value is -0.420. The number of alkyl halides is 2. The van der Waals surface area contributed by atoms with Gasteiger partial charge in [0, 0.05) is 13.0 Å². The van der Waals surface area contributed by atoms with E-state index < -0.39 is 12.0 Å². The molecule has 2 fully saturated rings. The number of rotatable bonds is 4. The van der Waals surface area contributed by atoms with Gasteiger partial charge >= 0.3 is 0 Å². The maximum absolute atomic E-state index is 13.0. The third-order valence-corrected chi connectivity index (χ3v) is 4.53. The third kappa shape index (κ3) is 4.85. The first-order chi connectivity index (χ1) is 8.98. The molecule has 1 aliphatic heterocycles.